The van der Waals surface area contributed by atoms with Crippen LogP contribution in [0.5, 0.6) is 17.2 Å². The SMILES string of the molecule is O=c1c2ccc(O)cc2oc2ccc(O)c(O)c12. The topological polar surface area (TPSA) is 90.9 Å². The highest BCUT2D eigenvalue weighted by Gasteiger charge is 2.14. The monoisotopic (exact) mass is 244 g/mol. The predicted octanol–water partition coefficient (Wildman–Crippen LogP) is 2.06. The van der Waals surface area contributed by atoms with Crippen molar-refractivity contribution in [2.75, 3.05) is 0 Å². The Balaban J connectivity index is 2.61. The zero-order valence-electron chi connectivity index (χ0n) is 9.04. The van der Waals surface area contributed by atoms with Crippen molar-refractivity contribution in [3.8, 4) is 17.2 Å². The Hall–Kier alpha value is -2.69. The first kappa shape index (κ1) is 10.5. The van der Waals surface area contributed by atoms with Crippen molar-refractivity contribution in [2.24, 2.45) is 0 Å². The van der Waals surface area contributed by atoms with Crippen molar-refractivity contribution in [3.63, 3.8) is 0 Å². The second kappa shape index (κ2) is 3.40. The lowest BCUT2D eigenvalue weighted by molar-refractivity contribution is 0.407. The van der Waals surface area contributed by atoms with E-state index in [1.165, 1.54) is 30.3 Å². The summed E-state index contributed by atoms with van der Waals surface area (Å²) in [6.07, 6.45) is 0. The molecule has 3 aromatic rings. The van der Waals surface area contributed by atoms with E-state index in [-0.39, 0.29) is 33.4 Å². The first-order valence-corrected chi connectivity index (χ1v) is 5.18. The second-order valence-electron chi connectivity index (χ2n) is 3.92. The maximum atomic E-state index is 12.2. The van der Waals surface area contributed by atoms with Crippen LogP contribution in [0.3, 0.4) is 0 Å². The Bertz CT molecular complexity index is 832. The van der Waals surface area contributed by atoms with Crippen molar-refractivity contribution >= 4 is 21.9 Å². The number of fused-ring (bicyclic) bond motifs is 2. The van der Waals surface area contributed by atoms with Gasteiger partial charge in [0.2, 0.25) is 5.43 Å². The van der Waals surface area contributed by atoms with Crippen molar-refractivity contribution in [1.29, 1.82) is 0 Å². The average molecular weight is 244 g/mol. The van der Waals surface area contributed by atoms with Crippen molar-refractivity contribution < 1.29 is 19.7 Å². The minimum atomic E-state index is -0.503. The van der Waals surface area contributed by atoms with Crippen molar-refractivity contribution in [1.82, 2.24) is 0 Å². The molecule has 1 heterocycles. The molecular formula is C13H8O5. The molecule has 0 saturated heterocycles. The third kappa shape index (κ3) is 1.31. The summed E-state index contributed by atoms with van der Waals surface area (Å²) >= 11 is 0. The number of aromatic hydroxyl groups is 3. The maximum Gasteiger partial charge on any atom is 0.204 e. The standard InChI is InChI=1S/C13H8O5/c14-6-1-2-7-10(5-6)18-9-4-3-8(15)13(17)11(9)12(7)16/h1-5,14-15,17H. The highest BCUT2D eigenvalue weighted by Crippen LogP contribution is 2.33. The van der Waals surface area contributed by atoms with Crippen molar-refractivity contribution in [3.05, 3.63) is 40.6 Å². The molecule has 0 bridgehead atoms. The summed E-state index contributed by atoms with van der Waals surface area (Å²) in [7, 11) is 0. The Kier molecular flexibility index (Phi) is 1.98. The molecule has 0 aliphatic rings. The summed E-state index contributed by atoms with van der Waals surface area (Å²) in [5.74, 6) is -0.905. The molecule has 90 valence electrons. The maximum absolute atomic E-state index is 12.2. The number of hydrogen-bond donors (Lipinski definition) is 3. The Morgan fingerprint density at radius 3 is 2.50 bits per heavy atom. The first-order chi connectivity index (χ1) is 8.58. The van der Waals surface area contributed by atoms with E-state index in [1.807, 2.05) is 0 Å². The van der Waals surface area contributed by atoms with Crippen LogP contribution in [0.15, 0.2) is 39.5 Å². The number of phenolic OH excluding ortho intramolecular Hbond substituents is 3. The van der Waals surface area contributed by atoms with Crippen LogP contribution >= 0.6 is 0 Å². The van der Waals surface area contributed by atoms with Crippen LogP contribution in [0.4, 0.5) is 0 Å². The van der Waals surface area contributed by atoms with E-state index in [4.69, 9.17) is 4.42 Å². The van der Waals surface area contributed by atoms with Gasteiger partial charge in [-0.25, -0.2) is 0 Å². The lowest BCUT2D eigenvalue weighted by Crippen LogP contribution is -2.02. The van der Waals surface area contributed by atoms with Gasteiger partial charge in [-0.05, 0) is 24.3 Å². The second-order valence-corrected chi connectivity index (χ2v) is 3.92. The predicted molar refractivity (Wildman–Crippen MR) is 65.0 cm³/mol. The van der Waals surface area contributed by atoms with Crippen LogP contribution < -0.4 is 5.43 Å². The zero-order valence-corrected chi connectivity index (χ0v) is 9.04. The minimum absolute atomic E-state index is 0.0204. The van der Waals surface area contributed by atoms with Gasteiger partial charge in [0, 0.05) is 6.07 Å². The highest BCUT2D eigenvalue weighted by atomic mass is 16.3. The lowest BCUT2D eigenvalue weighted by Gasteiger charge is -2.04. The van der Waals surface area contributed by atoms with Gasteiger partial charge in [-0.2, -0.15) is 0 Å². The van der Waals surface area contributed by atoms with E-state index in [0.29, 0.717) is 0 Å². The molecule has 0 radical (unpaired) electrons. The summed E-state index contributed by atoms with van der Waals surface area (Å²) in [6, 6.07) is 6.69. The Morgan fingerprint density at radius 2 is 1.72 bits per heavy atom. The fourth-order valence-corrected chi connectivity index (χ4v) is 1.90. The normalized spacial score (nSPS) is 11.1. The Labute approximate surface area is 100 Å². The quantitative estimate of drug-likeness (QED) is 0.416. The first-order valence-electron chi connectivity index (χ1n) is 5.18. The van der Waals surface area contributed by atoms with E-state index in [2.05, 4.69) is 0 Å². The highest BCUT2D eigenvalue weighted by molar-refractivity contribution is 5.94. The largest absolute Gasteiger partial charge is 0.508 e. The van der Waals surface area contributed by atoms with Crippen LogP contribution in [-0.2, 0) is 0 Å². The molecule has 5 nitrogen and oxygen atoms in total. The van der Waals surface area contributed by atoms with E-state index >= 15 is 0 Å². The molecule has 0 unspecified atom stereocenters. The minimum Gasteiger partial charge on any atom is -0.508 e. The third-order valence-electron chi connectivity index (χ3n) is 2.78. The summed E-state index contributed by atoms with van der Waals surface area (Å²) in [4.78, 5) is 12.2. The van der Waals surface area contributed by atoms with Gasteiger partial charge in [0.05, 0.1) is 5.39 Å². The van der Waals surface area contributed by atoms with Crippen LogP contribution in [0.25, 0.3) is 21.9 Å². The van der Waals surface area contributed by atoms with Gasteiger partial charge in [0.15, 0.2) is 11.5 Å². The molecule has 18 heavy (non-hydrogen) atoms. The molecule has 1 aromatic heterocycles. The van der Waals surface area contributed by atoms with Crippen LogP contribution in [0, 0.1) is 0 Å². The molecule has 5 heteroatoms. The molecule has 0 aliphatic heterocycles. The lowest BCUT2D eigenvalue weighted by atomic mass is 10.1. The van der Waals surface area contributed by atoms with Gasteiger partial charge in [-0.15, -0.1) is 0 Å². The zero-order chi connectivity index (χ0) is 12.9. The number of phenols is 3. The van der Waals surface area contributed by atoms with E-state index in [0.717, 1.165) is 0 Å². The van der Waals surface area contributed by atoms with Crippen LogP contribution in [0.1, 0.15) is 0 Å². The molecule has 0 atom stereocenters. The van der Waals surface area contributed by atoms with Gasteiger partial charge in [0.1, 0.15) is 22.3 Å². The average Bonchev–Trinajstić information content (AvgIpc) is 2.33. The summed E-state index contributed by atoms with van der Waals surface area (Å²) < 4.78 is 5.41. The van der Waals surface area contributed by atoms with Crippen molar-refractivity contribution in [2.45, 2.75) is 0 Å². The van der Waals surface area contributed by atoms with E-state index in [1.54, 1.807) is 0 Å². The van der Waals surface area contributed by atoms with Gasteiger partial charge in [-0.3, -0.25) is 4.79 Å². The fraction of sp³-hybridized carbons (Fsp3) is 0. The molecule has 0 saturated carbocycles. The van der Waals surface area contributed by atoms with Gasteiger partial charge < -0.3 is 19.7 Å². The summed E-state index contributed by atoms with van der Waals surface area (Å²) in [6.45, 7) is 0. The smallest absolute Gasteiger partial charge is 0.204 e. The third-order valence-corrected chi connectivity index (χ3v) is 2.78. The molecule has 0 aliphatic carbocycles. The number of benzene rings is 2. The van der Waals surface area contributed by atoms with Gasteiger partial charge in [-0.1, -0.05) is 0 Å². The fourth-order valence-electron chi connectivity index (χ4n) is 1.90. The summed E-state index contributed by atoms with van der Waals surface area (Å²) in [5, 5.41) is 28.6. The summed E-state index contributed by atoms with van der Waals surface area (Å²) in [5.41, 5.74) is -0.0920. The molecule has 0 spiro atoms. The van der Waals surface area contributed by atoms with Crippen LogP contribution in [0.2, 0.25) is 0 Å². The molecule has 2 aromatic carbocycles. The molecule has 0 amide bonds. The number of rotatable bonds is 0. The van der Waals surface area contributed by atoms with Gasteiger partial charge in [0.25, 0.3) is 0 Å². The Morgan fingerprint density at radius 1 is 0.944 bits per heavy atom. The molecular weight excluding hydrogens is 236 g/mol. The van der Waals surface area contributed by atoms with Crippen LogP contribution in [-0.4, -0.2) is 15.3 Å². The molecule has 3 N–H and O–H groups in total. The number of hydrogen-bond acceptors (Lipinski definition) is 5. The molecule has 3 rings (SSSR count). The molecule has 0 fully saturated rings. The van der Waals surface area contributed by atoms with Gasteiger partial charge >= 0.3 is 0 Å². The van der Waals surface area contributed by atoms with E-state index in [9.17, 15) is 20.1 Å². The van der Waals surface area contributed by atoms with E-state index < -0.39 is 11.2 Å².